The Morgan fingerprint density at radius 2 is 2.10 bits per heavy atom. The molecule has 1 aromatic rings. The van der Waals surface area contributed by atoms with Gasteiger partial charge in [-0.2, -0.15) is 0 Å². The van der Waals surface area contributed by atoms with Crippen LogP contribution in [0.2, 0.25) is 0 Å². The van der Waals surface area contributed by atoms with Crippen molar-refractivity contribution in [3.05, 3.63) is 10.4 Å². The molecule has 2 unspecified atom stereocenters. The van der Waals surface area contributed by atoms with E-state index in [0.29, 0.717) is 34.5 Å². The number of hydrogen-bond donors (Lipinski definition) is 3. The first-order valence-corrected chi connectivity index (χ1v) is 7.79. The molecule has 1 heterocycles. The first-order valence-electron chi connectivity index (χ1n) is 6.97. The minimum Gasteiger partial charge on any atom is -0.397 e. The van der Waals surface area contributed by atoms with Crippen molar-refractivity contribution in [1.29, 1.82) is 0 Å². The predicted molar refractivity (Wildman–Crippen MR) is 82.6 cm³/mol. The van der Waals surface area contributed by atoms with Gasteiger partial charge in [0.05, 0.1) is 16.1 Å². The van der Waals surface area contributed by atoms with Gasteiger partial charge in [-0.25, -0.2) is 0 Å². The van der Waals surface area contributed by atoms with Gasteiger partial charge < -0.3 is 16.4 Å². The normalized spacial score (nSPS) is 20.6. The lowest BCUT2D eigenvalue weighted by atomic mass is 10.1. The van der Waals surface area contributed by atoms with Gasteiger partial charge in [0.2, 0.25) is 0 Å². The molecule has 0 aromatic carbocycles. The van der Waals surface area contributed by atoms with Gasteiger partial charge in [0.25, 0.3) is 5.91 Å². The van der Waals surface area contributed by atoms with Gasteiger partial charge in [0.1, 0.15) is 5.00 Å². The molecule has 0 radical (unpaired) electrons. The summed E-state index contributed by atoms with van der Waals surface area (Å²) in [5, 5.41) is 6.68. The summed E-state index contributed by atoms with van der Waals surface area (Å²) in [6.07, 6.45) is 2.62. The average molecular weight is 295 g/mol. The maximum atomic E-state index is 12.0. The fraction of sp³-hybridized carbons (Fsp3) is 0.571. The zero-order chi connectivity index (χ0) is 14.9. The third-order valence-corrected chi connectivity index (χ3v) is 4.91. The number of ketones is 1. The molecule has 1 amide bonds. The number of nitrogens with one attached hydrogen (secondary N) is 2. The second-order valence-electron chi connectivity index (χ2n) is 5.06. The summed E-state index contributed by atoms with van der Waals surface area (Å²) >= 11 is 1.30. The van der Waals surface area contributed by atoms with Gasteiger partial charge in [-0.15, -0.1) is 11.3 Å². The molecule has 6 heteroatoms. The van der Waals surface area contributed by atoms with Crippen LogP contribution < -0.4 is 16.4 Å². The highest BCUT2D eigenvalue weighted by Crippen LogP contribution is 2.42. The molecule has 20 heavy (non-hydrogen) atoms. The number of carbonyl (C=O) groups excluding carboxylic acids is 2. The highest BCUT2D eigenvalue weighted by atomic mass is 32.1. The van der Waals surface area contributed by atoms with E-state index >= 15 is 0 Å². The van der Waals surface area contributed by atoms with Crippen LogP contribution in [-0.4, -0.2) is 24.8 Å². The number of anilines is 2. The summed E-state index contributed by atoms with van der Waals surface area (Å²) < 4.78 is 0. The Morgan fingerprint density at radius 1 is 1.40 bits per heavy atom. The topological polar surface area (TPSA) is 84.2 Å². The summed E-state index contributed by atoms with van der Waals surface area (Å²) in [7, 11) is 1.57. The fourth-order valence-corrected chi connectivity index (χ4v) is 3.50. The van der Waals surface area contributed by atoms with E-state index < -0.39 is 0 Å². The second-order valence-corrected chi connectivity index (χ2v) is 6.08. The summed E-state index contributed by atoms with van der Waals surface area (Å²) in [6.45, 7) is 3.95. The van der Waals surface area contributed by atoms with E-state index in [0.717, 1.165) is 17.8 Å². The standard InChI is InChI=1S/C14H21N3O2S/c1-4-7-6-8(7)17-14-10(13(19)16-3)11(15)12(20-14)9(18)5-2/h7-8,17H,4-6,15H2,1-3H3,(H,16,19). The van der Waals surface area contributed by atoms with Crippen LogP contribution in [0.3, 0.4) is 0 Å². The van der Waals surface area contributed by atoms with Gasteiger partial charge >= 0.3 is 0 Å². The Bertz CT molecular complexity index is 539. The molecule has 0 spiro atoms. The number of rotatable bonds is 6. The Hall–Kier alpha value is -1.56. The quantitative estimate of drug-likeness (QED) is 0.704. The number of carbonyl (C=O) groups is 2. The molecule has 1 aromatic heterocycles. The number of amides is 1. The zero-order valence-corrected chi connectivity index (χ0v) is 12.9. The molecule has 2 atom stereocenters. The monoisotopic (exact) mass is 295 g/mol. The zero-order valence-electron chi connectivity index (χ0n) is 12.1. The third kappa shape index (κ3) is 2.65. The molecule has 0 aliphatic heterocycles. The summed E-state index contributed by atoms with van der Waals surface area (Å²) in [4.78, 5) is 24.4. The maximum Gasteiger partial charge on any atom is 0.256 e. The van der Waals surface area contributed by atoms with Crippen molar-refractivity contribution in [2.24, 2.45) is 5.92 Å². The molecular formula is C14H21N3O2S. The lowest BCUT2D eigenvalue weighted by molar-refractivity contribution is 0.0964. The van der Waals surface area contributed by atoms with E-state index in [4.69, 9.17) is 5.73 Å². The Labute approximate surface area is 122 Å². The van der Waals surface area contributed by atoms with Crippen LogP contribution in [0.5, 0.6) is 0 Å². The molecule has 0 saturated heterocycles. The molecule has 1 aliphatic rings. The second kappa shape index (κ2) is 5.83. The fourth-order valence-electron chi connectivity index (χ4n) is 2.31. The van der Waals surface area contributed by atoms with E-state index in [1.807, 2.05) is 0 Å². The summed E-state index contributed by atoms with van der Waals surface area (Å²) in [5.41, 5.74) is 6.73. The molecule has 0 bridgehead atoms. The first kappa shape index (κ1) is 14.8. The van der Waals surface area contributed by atoms with Gasteiger partial charge in [-0.1, -0.05) is 20.3 Å². The molecule has 1 aliphatic carbocycles. The molecule has 5 nitrogen and oxygen atoms in total. The van der Waals surface area contributed by atoms with Crippen molar-refractivity contribution in [3.8, 4) is 0 Å². The highest BCUT2D eigenvalue weighted by Gasteiger charge is 2.37. The minimum atomic E-state index is -0.245. The van der Waals surface area contributed by atoms with Crippen molar-refractivity contribution in [1.82, 2.24) is 5.32 Å². The van der Waals surface area contributed by atoms with Crippen LogP contribution in [0.15, 0.2) is 0 Å². The largest absolute Gasteiger partial charge is 0.397 e. The van der Waals surface area contributed by atoms with Crippen LogP contribution in [-0.2, 0) is 0 Å². The van der Waals surface area contributed by atoms with E-state index in [2.05, 4.69) is 17.6 Å². The Morgan fingerprint density at radius 3 is 2.60 bits per heavy atom. The molecule has 110 valence electrons. The van der Waals surface area contributed by atoms with Crippen molar-refractivity contribution in [3.63, 3.8) is 0 Å². The number of nitrogens with two attached hydrogens (primary N) is 1. The van der Waals surface area contributed by atoms with Crippen molar-refractivity contribution in [2.75, 3.05) is 18.1 Å². The lowest BCUT2D eigenvalue weighted by Crippen LogP contribution is -2.20. The van der Waals surface area contributed by atoms with Crippen molar-refractivity contribution in [2.45, 2.75) is 39.2 Å². The van der Waals surface area contributed by atoms with Crippen molar-refractivity contribution < 1.29 is 9.59 Å². The van der Waals surface area contributed by atoms with Gasteiger partial charge in [-0.05, 0) is 12.3 Å². The molecule has 4 N–H and O–H groups in total. The minimum absolute atomic E-state index is 0.0199. The first-order chi connectivity index (χ1) is 9.53. The molecule has 1 saturated carbocycles. The smallest absolute Gasteiger partial charge is 0.256 e. The number of Topliss-reactive ketones (excluding diaryl/α,β-unsaturated/α-hetero) is 1. The number of hydrogen-bond acceptors (Lipinski definition) is 5. The SMILES string of the molecule is CCC(=O)c1sc(NC2CC2CC)c(C(=O)NC)c1N. The highest BCUT2D eigenvalue weighted by molar-refractivity contribution is 7.19. The molecular weight excluding hydrogens is 274 g/mol. The van der Waals surface area contributed by atoms with E-state index in [1.54, 1.807) is 14.0 Å². The Balaban J connectivity index is 2.33. The summed E-state index contributed by atoms with van der Waals surface area (Å²) in [5.74, 6) is 0.389. The van der Waals surface area contributed by atoms with Crippen LogP contribution in [0, 0.1) is 5.92 Å². The molecule has 1 fully saturated rings. The van der Waals surface area contributed by atoms with Crippen LogP contribution >= 0.6 is 11.3 Å². The van der Waals surface area contributed by atoms with E-state index in [1.165, 1.54) is 11.3 Å². The van der Waals surface area contributed by atoms with Crippen LogP contribution in [0.25, 0.3) is 0 Å². The lowest BCUT2D eigenvalue weighted by Gasteiger charge is -2.06. The number of nitrogen functional groups attached to an aromatic ring is 1. The predicted octanol–water partition coefficient (Wildman–Crippen LogP) is 2.49. The van der Waals surface area contributed by atoms with Gasteiger partial charge in [0.15, 0.2) is 5.78 Å². The van der Waals surface area contributed by atoms with Crippen molar-refractivity contribution >= 4 is 33.7 Å². The van der Waals surface area contributed by atoms with E-state index in [9.17, 15) is 9.59 Å². The summed E-state index contributed by atoms with van der Waals surface area (Å²) in [6, 6.07) is 0.394. The van der Waals surface area contributed by atoms with Gasteiger partial charge in [0, 0.05) is 19.5 Å². The van der Waals surface area contributed by atoms with Crippen LogP contribution in [0.4, 0.5) is 10.7 Å². The maximum absolute atomic E-state index is 12.0. The van der Waals surface area contributed by atoms with Gasteiger partial charge in [-0.3, -0.25) is 9.59 Å². The van der Waals surface area contributed by atoms with E-state index in [-0.39, 0.29) is 11.7 Å². The van der Waals surface area contributed by atoms with Crippen LogP contribution in [0.1, 0.15) is 53.1 Å². The molecule has 2 rings (SSSR count). The number of thiophene rings is 1. The average Bonchev–Trinajstić information content (AvgIpc) is 3.13. The Kier molecular flexibility index (Phi) is 4.32. The third-order valence-electron chi connectivity index (χ3n) is 3.74.